The van der Waals surface area contributed by atoms with Crippen molar-refractivity contribution >= 4 is 5.82 Å². The highest BCUT2D eigenvalue weighted by molar-refractivity contribution is 5.47. The third kappa shape index (κ3) is 5.87. The number of nitrogens with one attached hydrogen (secondary N) is 1. The van der Waals surface area contributed by atoms with Crippen molar-refractivity contribution in [1.29, 1.82) is 0 Å². The van der Waals surface area contributed by atoms with Gasteiger partial charge in [0.05, 0.1) is 12.2 Å². The molecule has 0 amide bonds. The van der Waals surface area contributed by atoms with E-state index in [2.05, 4.69) is 29.1 Å². The first-order valence-corrected chi connectivity index (χ1v) is 6.91. The summed E-state index contributed by atoms with van der Waals surface area (Å²) in [6.07, 6.45) is 2.48. The molecule has 0 saturated heterocycles. The van der Waals surface area contributed by atoms with Gasteiger partial charge < -0.3 is 14.8 Å². The second-order valence-corrected chi connectivity index (χ2v) is 4.83. The van der Waals surface area contributed by atoms with Crippen molar-refractivity contribution in [3.05, 3.63) is 11.9 Å². The average Bonchev–Trinajstić information content (AvgIpc) is 2.37. The van der Waals surface area contributed by atoms with Gasteiger partial charge in [-0.25, -0.2) is 9.97 Å². The largest absolute Gasteiger partial charge is 0.478 e. The number of aromatic nitrogens is 2. The summed E-state index contributed by atoms with van der Waals surface area (Å²) in [6, 6.07) is 0. The first kappa shape index (κ1) is 15.7. The number of nitrogens with zero attached hydrogens (tertiary/aromatic N) is 2. The molecule has 1 N–H and O–H groups in total. The molecule has 19 heavy (non-hydrogen) atoms. The lowest BCUT2D eigenvalue weighted by atomic mass is 10.2. The van der Waals surface area contributed by atoms with Crippen LogP contribution in [0.3, 0.4) is 0 Å². The summed E-state index contributed by atoms with van der Waals surface area (Å²) in [5, 5.41) is 3.29. The van der Waals surface area contributed by atoms with Crippen LogP contribution in [0.5, 0.6) is 5.88 Å². The first-order valence-electron chi connectivity index (χ1n) is 6.91. The Labute approximate surface area is 115 Å². The van der Waals surface area contributed by atoms with Crippen molar-refractivity contribution in [2.75, 3.05) is 31.7 Å². The lowest BCUT2D eigenvalue weighted by Gasteiger charge is -2.11. The molecule has 108 valence electrons. The van der Waals surface area contributed by atoms with Gasteiger partial charge in [-0.1, -0.05) is 13.8 Å². The van der Waals surface area contributed by atoms with E-state index in [0.717, 1.165) is 37.6 Å². The number of ether oxygens (including phenoxy) is 2. The lowest BCUT2D eigenvalue weighted by molar-refractivity contribution is 0.110. The zero-order chi connectivity index (χ0) is 14.1. The normalized spacial score (nSPS) is 10.8. The monoisotopic (exact) mass is 267 g/mol. The highest BCUT2D eigenvalue weighted by atomic mass is 16.5. The summed E-state index contributed by atoms with van der Waals surface area (Å²) in [7, 11) is 0. The van der Waals surface area contributed by atoms with E-state index in [1.807, 2.05) is 13.8 Å². The van der Waals surface area contributed by atoms with Crippen LogP contribution in [-0.4, -0.2) is 36.3 Å². The average molecular weight is 267 g/mol. The van der Waals surface area contributed by atoms with Gasteiger partial charge in [-0.05, 0) is 26.2 Å². The number of rotatable bonds is 9. The Morgan fingerprint density at radius 1 is 1.32 bits per heavy atom. The summed E-state index contributed by atoms with van der Waals surface area (Å²) in [6.45, 7) is 11.2. The minimum atomic E-state index is 0.589. The van der Waals surface area contributed by atoms with E-state index in [0.29, 0.717) is 18.4 Å². The Bertz CT molecular complexity index is 370. The Morgan fingerprint density at radius 2 is 2.11 bits per heavy atom. The summed E-state index contributed by atoms with van der Waals surface area (Å²) in [5.74, 6) is 2.07. The van der Waals surface area contributed by atoms with Crippen LogP contribution in [0.1, 0.15) is 32.8 Å². The summed E-state index contributed by atoms with van der Waals surface area (Å²) in [4.78, 5) is 8.33. The van der Waals surface area contributed by atoms with Crippen LogP contribution in [0.15, 0.2) is 6.33 Å². The molecule has 0 spiro atoms. The Hall–Kier alpha value is -1.36. The fourth-order valence-corrected chi connectivity index (χ4v) is 1.59. The number of hydrogen-bond acceptors (Lipinski definition) is 5. The molecular weight excluding hydrogens is 242 g/mol. The zero-order valence-electron chi connectivity index (χ0n) is 12.4. The molecule has 0 bridgehead atoms. The third-order valence-electron chi connectivity index (χ3n) is 2.53. The zero-order valence-corrected chi connectivity index (χ0v) is 12.4. The van der Waals surface area contributed by atoms with E-state index < -0.39 is 0 Å². The molecule has 1 heterocycles. The molecule has 5 heteroatoms. The van der Waals surface area contributed by atoms with Gasteiger partial charge >= 0.3 is 0 Å². The molecule has 1 aromatic rings. The molecule has 5 nitrogen and oxygen atoms in total. The maximum Gasteiger partial charge on any atom is 0.221 e. The van der Waals surface area contributed by atoms with Crippen LogP contribution in [0.4, 0.5) is 5.82 Å². The van der Waals surface area contributed by atoms with Crippen molar-refractivity contribution in [2.24, 2.45) is 5.92 Å². The Morgan fingerprint density at radius 3 is 2.79 bits per heavy atom. The molecule has 0 atom stereocenters. The molecular formula is C14H25N3O2. The van der Waals surface area contributed by atoms with E-state index >= 15 is 0 Å². The van der Waals surface area contributed by atoms with Crippen LogP contribution < -0.4 is 10.1 Å². The Balaban J connectivity index is 2.31. The van der Waals surface area contributed by atoms with Crippen molar-refractivity contribution in [3.63, 3.8) is 0 Å². The highest BCUT2D eigenvalue weighted by Gasteiger charge is 2.06. The van der Waals surface area contributed by atoms with Crippen molar-refractivity contribution in [3.8, 4) is 5.88 Å². The molecule has 0 aliphatic carbocycles. The van der Waals surface area contributed by atoms with E-state index in [-0.39, 0.29) is 0 Å². The molecule has 0 aliphatic heterocycles. The van der Waals surface area contributed by atoms with Gasteiger partial charge in [0, 0.05) is 19.8 Å². The van der Waals surface area contributed by atoms with Crippen LogP contribution in [0.25, 0.3) is 0 Å². The number of hydrogen-bond donors (Lipinski definition) is 1. The quantitative estimate of drug-likeness (QED) is 0.697. The highest BCUT2D eigenvalue weighted by Crippen LogP contribution is 2.19. The SMILES string of the molecule is CCOc1ncnc(NCCCOCC(C)C)c1C. The standard InChI is InChI=1S/C14H25N3O2/c1-5-19-14-12(4)13(16-10-17-14)15-7-6-8-18-9-11(2)3/h10-11H,5-9H2,1-4H3,(H,15,16,17). The number of anilines is 1. The molecule has 0 aromatic carbocycles. The van der Waals surface area contributed by atoms with Gasteiger partial charge in [-0.15, -0.1) is 0 Å². The van der Waals surface area contributed by atoms with Gasteiger partial charge in [-0.3, -0.25) is 0 Å². The predicted molar refractivity (Wildman–Crippen MR) is 76.7 cm³/mol. The van der Waals surface area contributed by atoms with Crippen molar-refractivity contribution < 1.29 is 9.47 Å². The van der Waals surface area contributed by atoms with Gasteiger partial charge in [-0.2, -0.15) is 0 Å². The molecule has 0 aliphatic rings. The molecule has 1 aromatic heterocycles. The first-order chi connectivity index (χ1) is 9.15. The molecule has 0 radical (unpaired) electrons. The van der Waals surface area contributed by atoms with Crippen molar-refractivity contribution in [1.82, 2.24) is 9.97 Å². The second-order valence-electron chi connectivity index (χ2n) is 4.83. The molecule has 0 unspecified atom stereocenters. The van der Waals surface area contributed by atoms with Gasteiger partial charge in [0.2, 0.25) is 5.88 Å². The molecule has 1 rings (SSSR count). The van der Waals surface area contributed by atoms with E-state index in [9.17, 15) is 0 Å². The maximum atomic E-state index is 5.53. The van der Waals surface area contributed by atoms with Gasteiger partial charge in [0.1, 0.15) is 12.1 Å². The topological polar surface area (TPSA) is 56.3 Å². The predicted octanol–water partition coefficient (Wildman–Crippen LogP) is 2.66. The fourth-order valence-electron chi connectivity index (χ4n) is 1.59. The third-order valence-corrected chi connectivity index (χ3v) is 2.53. The minimum Gasteiger partial charge on any atom is -0.478 e. The van der Waals surface area contributed by atoms with Crippen LogP contribution >= 0.6 is 0 Å². The summed E-state index contributed by atoms with van der Waals surface area (Å²) < 4.78 is 11.0. The maximum absolute atomic E-state index is 5.53. The van der Waals surface area contributed by atoms with E-state index in [1.165, 1.54) is 6.33 Å². The van der Waals surface area contributed by atoms with Crippen LogP contribution in [-0.2, 0) is 4.74 Å². The minimum absolute atomic E-state index is 0.589. The van der Waals surface area contributed by atoms with Crippen LogP contribution in [0, 0.1) is 12.8 Å². The van der Waals surface area contributed by atoms with Crippen molar-refractivity contribution in [2.45, 2.75) is 34.1 Å². The lowest BCUT2D eigenvalue weighted by Crippen LogP contribution is -2.11. The summed E-state index contributed by atoms with van der Waals surface area (Å²) in [5.41, 5.74) is 0.951. The van der Waals surface area contributed by atoms with E-state index in [4.69, 9.17) is 9.47 Å². The van der Waals surface area contributed by atoms with E-state index in [1.54, 1.807) is 0 Å². The Kier molecular flexibility index (Phi) is 7.18. The van der Waals surface area contributed by atoms with Gasteiger partial charge in [0.15, 0.2) is 0 Å². The molecule has 0 fully saturated rings. The smallest absolute Gasteiger partial charge is 0.221 e. The van der Waals surface area contributed by atoms with Crippen LogP contribution in [0.2, 0.25) is 0 Å². The van der Waals surface area contributed by atoms with Gasteiger partial charge in [0.25, 0.3) is 0 Å². The second kappa shape index (κ2) is 8.69. The fraction of sp³-hybridized carbons (Fsp3) is 0.714. The molecule has 0 saturated carbocycles. The summed E-state index contributed by atoms with van der Waals surface area (Å²) >= 11 is 0.